The lowest BCUT2D eigenvalue weighted by atomic mass is 10.0. The lowest BCUT2D eigenvalue weighted by molar-refractivity contribution is -0.0489. The summed E-state index contributed by atoms with van der Waals surface area (Å²) in [5.41, 5.74) is 2.38. The molecule has 1 aliphatic carbocycles. The Bertz CT molecular complexity index is 639. The second-order valence-electron chi connectivity index (χ2n) is 5.36. The van der Waals surface area contributed by atoms with Gasteiger partial charge in [0.05, 0.1) is 0 Å². The van der Waals surface area contributed by atoms with E-state index in [0.717, 1.165) is 29.6 Å². The molecule has 1 saturated carbocycles. The third-order valence-electron chi connectivity index (χ3n) is 4.08. The lowest BCUT2D eigenvalue weighted by Gasteiger charge is -2.15. The Morgan fingerprint density at radius 2 is 2.05 bits per heavy atom. The molecule has 3 nitrogen and oxygen atoms in total. The van der Waals surface area contributed by atoms with Gasteiger partial charge in [-0.2, -0.15) is 8.78 Å². The number of para-hydroxylation sites is 1. The van der Waals surface area contributed by atoms with Gasteiger partial charge >= 0.3 is 6.61 Å². The second-order valence-corrected chi connectivity index (χ2v) is 5.36. The van der Waals surface area contributed by atoms with Crippen molar-refractivity contribution in [3.63, 3.8) is 0 Å². The minimum absolute atomic E-state index is 0.138. The molecule has 0 aliphatic heterocycles. The monoisotopic (exact) mass is 292 g/mol. The number of nitrogens with one attached hydrogen (secondary N) is 1. The molecule has 0 saturated heterocycles. The quantitative estimate of drug-likeness (QED) is 0.898. The molecular weight excluding hydrogens is 274 g/mol. The van der Waals surface area contributed by atoms with Gasteiger partial charge in [0.1, 0.15) is 5.52 Å². The topological polar surface area (TPSA) is 34.2 Å². The summed E-state index contributed by atoms with van der Waals surface area (Å²) in [6, 6.07) is 7.15. The molecule has 5 heteroatoms. The summed E-state index contributed by atoms with van der Waals surface area (Å²) >= 11 is 0. The van der Waals surface area contributed by atoms with E-state index in [1.807, 2.05) is 19.2 Å². The van der Waals surface area contributed by atoms with Gasteiger partial charge in [0.25, 0.3) is 0 Å². The summed E-state index contributed by atoms with van der Waals surface area (Å²) in [6.45, 7) is -2.84. The van der Waals surface area contributed by atoms with E-state index in [4.69, 9.17) is 0 Å². The highest BCUT2D eigenvalue weighted by atomic mass is 19.3. The van der Waals surface area contributed by atoms with Crippen LogP contribution in [0.4, 0.5) is 14.5 Å². The Kier molecular flexibility index (Phi) is 3.90. The number of rotatable bonds is 4. The van der Waals surface area contributed by atoms with E-state index in [2.05, 4.69) is 15.0 Å². The van der Waals surface area contributed by atoms with Gasteiger partial charge in [0.15, 0.2) is 5.75 Å². The Labute approximate surface area is 122 Å². The third-order valence-corrected chi connectivity index (χ3v) is 4.08. The van der Waals surface area contributed by atoms with Crippen molar-refractivity contribution in [3.05, 3.63) is 30.0 Å². The zero-order valence-corrected chi connectivity index (χ0v) is 11.9. The first kappa shape index (κ1) is 14.0. The molecule has 112 valence electrons. The van der Waals surface area contributed by atoms with Crippen molar-refractivity contribution in [2.45, 2.75) is 38.2 Å². The number of ether oxygens (including phenoxy) is 1. The van der Waals surface area contributed by atoms with Crippen molar-refractivity contribution in [1.29, 1.82) is 0 Å². The van der Waals surface area contributed by atoms with Gasteiger partial charge in [0.2, 0.25) is 0 Å². The highest BCUT2D eigenvalue weighted by Gasteiger charge is 2.21. The number of hydrogen-bond donors (Lipinski definition) is 1. The average molecular weight is 292 g/mol. The molecule has 1 N–H and O–H groups in total. The highest BCUT2D eigenvalue weighted by Crippen LogP contribution is 2.38. The van der Waals surface area contributed by atoms with E-state index >= 15 is 0 Å². The van der Waals surface area contributed by atoms with E-state index in [0.29, 0.717) is 11.4 Å². The number of benzene rings is 1. The summed E-state index contributed by atoms with van der Waals surface area (Å²) in [6.07, 6.45) is 4.63. The van der Waals surface area contributed by atoms with Gasteiger partial charge in [-0.15, -0.1) is 0 Å². The molecular formula is C16H18F2N2O. The molecule has 1 fully saturated rings. The van der Waals surface area contributed by atoms with Crippen molar-refractivity contribution >= 4 is 16.6 Å². The lowest BCUT2D eigenvalue weighted by Crippen LogP contribution is -2.05. The van der Waals surface area contributed by atoms with Gasteiger partial charge in [-0.3, -0.25) is 0 Å². The molecule has 0 bridgehead atoms. The zero-order valence-electron chi connectivity index (χ0n) is 11.9. The summed E-state index contributed by atoms with van der Waals surface area (Å²) in [7, 11) is 1.83. The number of nitrogens with zero attached hydrogens (tertiary/aromatic N) is 1. The number of aromatic nitrogens is 1. The summed E-state index contributed by atoms with van der Waals surface area (Å²) in [4.78, 5) is 4.62. The Morgan fingerprint density at radius 1 is 1.29 bits per heavy atom. The number of halogens is 2. The first-order chi connectivity index (χ1) is 10.2. The van der Waals surface area contributed by atoms with E-state index in [-0.39, 0.29) is 5.75 Å². The first-order valence-electron chi connectivity index (χ1n) is 7.25. The number of fused-ring (bicyclic) bond motifs is 1. The second kappa shape index (κ2) is 5.84. The average Bonchev–Trinajstić information content (AvgIpc) is 3.00. The van der Waals surface area contributed by atoms with Crippen LogP contribution in [-0.2, 0) is 0 Å². The Balaban J connectivity index is 2.14. The number of anilines is 1. The predicted molar refractivity (Wildman–Crippen MR) is 79.1 cm³/mol. The maximum absolute atomic E-state index is 12.6. The maximum Gasteiger partial charge on any atom is 0.387 e. The van der Waals surface area contributed by atoms with Crippen molar-refractivity contribution in [2.24, 2.45) is 0 Å². The van der Waals surface area contributed by atoms with Crippen LogP contribution in [0.15, 0.2) is 24.3 Å². The van der Waals surface area contributed by atoms with Crippen LogP contribution in [0.5, 0.6) is 5.75 Å². The molecule has 0 radical (unpaired) electrons. The van der Waals surface area contributed by atoms with Gasteiger partial charge in [-0.1, -0.05) is 25.0 Å². The van der Waals surface area contributed by atoms with Crippen LogP contribution in [0.25, 0.3) is 10.9 Å². The predicted octanol–water partition coefficient (Wildman–Crippen LogP) is 4.54. The molecule has 21 heavy (non-hydrogen) atoms. The number of hydrogen-bond acceptors (Lipinski definition) is 3. The van der Waals surface area contributed by atoms with Crippen molar-refractivity contribution < 1.29 is 13.5 Å². The summed E-state index contributed by atoms with van der Waals surface area (Å²) in [5.74, 6) is 0.556. The molecule has 1 aromatic heterocycles. The number of pyridine rings is 1. The summed E-state index contributed by atoms with van der Waals surface area (Å²) in [5, 5.41) is 3.93. The zero-order chi connectivity index (χ0) is 14.8. The van der Waals surface area contributed by atoms with Crippen molar-refractivity contribution in [3.8, 4) is 5.75 Å². The minimum atomic E-state index is -2.84. The molecule has 1 aliphatic rings. The van der Waals surface area contributed by atoms with Crippen molar-refractivity contribution in [1.82, 2.24) is 4.98 Å². The van der Waals surface area contributed by atoms with Gasteiger partial charge in [-0.05, 0) is 25.0 Å². The fourth-order valence-corrected chi connectivity index (χ4v) is 3.07. The molecule has 3 rings (SSSR count). The van der Waals surface area contributed by atoms with Crippen LogP contribution in [0.3, 0.4) is 0 Å². The molecule has 0 atom stereocenters. The Morgan fingerprint density at radius 3 is 2.71 bits per heavy atom. The summed E-state index contributed by atoms with van der Waals surface area (Å²) < 4.78 is 29.8. The van der Waals surface area contributed by atoms with Crippen LogP contribution >= 0.6 is 0 Å². The highest BCUT2D eigenvalue weighted by molar-refractivity contribution is 5.95. The van der Waals surface area contributed by atoms with E-state index in [9.17, 15) is 8.78 Å². The van der Waals surface area contributed by atoms with Gasteiger partial charge < -0.3 is 10.1 Å². The molecule has 1 aromatic carbocycles. The van der Waals surface area contributed by atoms with Crippen LogP contribution in [0.1, 0.15) is 37.3 Å². The molecule has 1 heterocycles. The van der Waals surface area contributed by atoms with Gasteiger partial charge in [-0.25, -0.2) is 4.98 Å². The fraction of sp³-hybridized carbons (Fsp3) is 0.438. The normalized spacial score (nSPS) is 15.8. The molecule has 0 unspecified atom stereocenters. The van der Waals surface area contributed by atoms with Crippen LogP contribution in [0, 0.1) is 0 Å². The largest absolute Gasteiger partial charge is 0.432 e. The van der Waals surface area contributed by atoms with Crippen LogP contribution < -0.4 is 10.1 Å². The minimum Gasteiger partial charge on any atom is -0.432 e. The van der Waals surface area contributed by atoms with Crippen LogP contribution in [0.2, 0.25) is 0 Å². The number of alkyl halides is 2. The van der Waals surface area contributed by atoms with E-state index < -0.39 is 6.61 Å². The SMILES string of the molecule is CNc1cc(C2CCCC2)nc2c(OC(F)F)cccc12. The van der Waals surface area contributed by atoms with Crippen LogP contribution in [-0.4, -0.2) is 18.6 Å². The Hall–Kier alpha value is -1.91. The van der Waals surface area contributed by atoms with E-state index in [1.54, 1.807) is 12.1 Å². The third kappa shape index (κ3) is 2.77. The maximum atomic E-state index is 12.6. The van der Waals surface area contributed by atoms with Crippen molar-refractivity contribution in [2.75, 3.05) is 12.4 Å². The standard InChI is InChI=1S/C16H18F2N2O/c1-19-13-9-12(10-5-2-3-6-10)20-15-11(13)7-4-8-14(15)21-16(17)18/h4,7-10,16H,2-3,5-6H2,1H3,(H,19,20). The van der Waals surface area contributed by atoms with E-state index in [1.165, 1.54) is 12.8 Å². The van der Waals surface area contributed by atoms with Gasteiger partial charge in [0, 0.05) is 29.7 Å². The smallest absolute Gasteiger partial charge is 0.387 e. The fourth-order valence-electron chi connectivity index (χ4n) is 3.07. The molecule has 0 amide bonds. The molecule has 0 spiro atoms. The molecule has 2 aromatic rings. The first-order valence-corrected chi connectivity index (χ1v) is 7.25.